The number of aromatic nitrogens is 3. The molecular formula is C25H30N4O3S. The Bertz CT molecular complexity index is 1050. The molecule has 1 aromatic heterocycles. The van der Waals surface area contributed by atoms with E-state index in [1.54, 1.807) is 7.11 Å². The molecule has 7 nitrogen and oxygen atoms in total. The van der Waals surface area contributed by atoms with Gasteiger partial charge in [-0.05, 0) is 44.0 Å². The SMILES string of the molecule is COc1cccc(OC(C)c2nnc(SCC(=O)NC3CCCCC3)n2-c2ccccc2)c1. The molecule has 0 saturated heterocycles. The van der Waals surface area contributed by atoms with Crippen LogP contribution < -0.4 is 14.8 Å². The maximum atomic E-state index is 12.5. The lowest BCUT2D eigenvalue weighted by Crippen LogP contribution is -2.37. The van der Waals surface area contributed by atoms with Crippen LogP contribution in [-0.2, 0) is 4.79 Å². The summed E-state index contributed by atoms with van der Waals surface area (Å²) < 4.78 is 13.4. The van der Waals surface area contributed by atoms with Gasteiger partial charge < -0.3 is 14.8 Å². The number of methoxy groups -OCH3 is 1. The Kier molecular flexibility index (Phi) is 7.88. The molecule has 0 spiro atoms. The van der Waals surface area contributed by atoms with E-state index in [4.69, 9.17) is 9.47 Å². The maximum Gasteiger partial charge on any atom is 0.230 e. The summed E-state index contributed by atoms with van der Waals surface area (Å²) in [6.45, 7) is 1.94. The predicted octanol–water partition coefficient (Wildman–Crippen LogP) is 4.96. The Morgan fingerprint density at radius 2 is 1.85 bits per heavy atom. The van der Waals surface area contributed by atoms with E-state index in [-0.39, 0.29) is 12.0 Å². The monoisotopic (exact) mass is 466 g/mol. The van der Waals surface area contributed by atoms with E-state index in [1.807, 2.05) is 66.1 Å². The third-order valence-electron chi connectivity index (χ3n) is 5.69. The van der Waals surface area contributed by atoms with Crippen molar-refractivity contribution >= 4 is 17.7 Å². The summed E-state index contributed by atoms with van der Waals surface area (Å²) >= 11 is 1.39. The Morgan fingerprint density at radius 1 is 1.09 bits per heavy atom. The van der Waals surface area contributed by atoms with Crippen molar-refractivity contribution in [2.45, 2.75) is 56.3 Å². The number of thioether (sulfide) groups is 1. The Hall–Kier alpha value is -3.00. The van der Waals surface area contributed by atoms with Gasteiger partial charge in [0.25, 0.3) is 0 Å². The zero-order chi connectivity index (χ0) is 23.0. The van der Waals surface area contributed by atoms with E-state index in [1.165, 1.54) is 31.0 Å². The highest BCUT2D eigenvalue weighted by Gasteiger charge is 2.22. The van der Waals surface area contributed by atoms with Gasteiger partial charge in [0.15, 0.2) is 17.1 Å². The number of nitrogens with one attached hydrogen (secondary N) is 1. The molecule has 0 radical (unpaired) electrons. The van der Waals surface area contributed by atoms with Gasteiger partial charge in [-0.25, -0.2) is 0 Å². The molecule has 1 amide bonds. The second-order valence-corrected chi connectivity index (χ2v) is 9.08. The van der Waals surface area contributed by atoms with E-state index in [9.17, 15) is 4.79 Å². The quantitative estimate of drug-likeness (QED) is 0.449. The third kappa shape index (κ3) is 6.07. The van der Waals surface area contributed by atoms with Crippen molar-refractivity contribution in [1.29, 1.82) is 0 Å². The van der Waals surface area contributed by atoms with Gasteiger partial charge in [0.1, 0.15) is 11.5 Å². The van der Waals surface area contributed by atoms with Gasteiger partial charge in [0.2, 0.25) is 5.91 Å². The molecule has 0 aliphatic heterocycles. The smallest absolute Gasteiger partial charge is 0.230 e. The van der Waals surface area contributed by atoms with Crippen molar-refractivity contribution in [2.24, 2.45) is 0 Å². The van der Waals surface area contributed by atoms with Gasteiger partial charge in [-0.15, -0.1) is 10.2 Å². The van der Waals surface area contributed by atoms with Gasteiger partial charge in [-0.2, -0.15) is 0 Å². The second-order valence-electron chi connectivity index (χ2n) is 8.14. The van der Waals surface area contributed by atoms with Crippen molar-refractivity contribution in [3.63, 3.8) is 0 Å². The van der Waals surface area contributed by atoms with Crippen molar-refractivity contribution in [3.05, 3.63) is 60.4 Å². The van der Waals surface area contributed by atoms with Crippen LogP contribution in [0.1, 0.15) is 51.0 Å². The lowest BCUT2D eigenvalue weighted by Gasteiger charge is -2.22. The molecule has 1 N–H and O–H groups in total. The van der Waals surface area contributed by atoms with Gasteiger partial charge >= 0.3 is 0 Å². The maximum absolute atomic E-state index is 12.5. The lowest BCUT2D eigenvalue weighted by molar-refractivity contribution is -0.119. The summed E-state index contributed by atoms with van der Waals surface area (Å²) in [5.41, 5.74) is 0.925. The highest BCUT2D eigenvalue weighted by molar-refractivity contribution is 7.99. The topological polar surface area (TPSA) is 78.3 Å². The normalized spacial score (nSPS) is 15.1. The van der Waals surface area contributed by atoms with Gasteiger partial charge in [0.05, 0.1) is 12.9 Å². The van der Waals surface area contributed by atoms with Crippen LogP contribution in [0.5, 0.6) is 11.5 Å². The Morgan fingerprint density at radius 3 is 2.61 bits per heavy atom. The van der Waals surface area contributed by atoms with Crippen molar-refractivity contribution in [1.82, 2.24) is 20.1 Å². The molecular weight excluding hydrogens is 436 g/mol. The Labute approximate surface area is 198 Å². The zero-order valence-corrected chi connectivity index (χ0v) is 19.9. The molecule has 1 aliphatic rings. The number of benzene rings is 2. The standard InChI is InChI=1S/C25H30N4O3S/c1-18(32-22-15-9-14-21(16-22)31-2)24-27-28-25(29(24)20-12-7-4-8-13-20)33-17-23(30)26-19-10-5-3-6-11-19/h4,7-9,12-16,18-19H,3,5-6,10-11,17H2,1-2H3,(H,26,30). The molecule has 1 fully saturated rings. The fourth-order valence-corrected chi connectivity index (χ4v) is 4.81. The lowest BCUT2D eigenvalue weighted by atomic mass is 9.95. The van der Waals surface area contributed by atoms with Crippen LogP contribution in [0.2, 0.25) is 0 Å². The first-order valence-electron chi connectivity index (χ1n) is 11.4. The molecule has 1 unspecified atom stereocenters. The molecule has 1 atom stereocenters. The van der Waals surface area contributed by atoms with Crippen LogP contribution in [0, 0.1) is 0 Å². The molecule has 1 aliphatic carbocycles. The molecule has 0 bridgehead atoms. The van der Waals surface area contributed by atoms with Crippen molar-refractivity contribution < 1.29 is 14.3 Å². The number of nitrogens with zero attached hydrogens (tertiary/aromatic N) is 3. The number of para-hydroxylation sites is 1. The first-order chi connectivity index (χ1) is 16.1. The largest absolute Gasteiger partial charge is 0.497 e. The summed E-state index contributed by atoms with van der Waals surface area (Å²) in [7, 11) is 1.63. The second kappa shape index (κ2) is 11.2. The summed E-state index contributed by atoms with van der Waals surface area (Å²) in [5, 5.41) is 12.7. The van der Waals surface area contributed by atoms with Crippen LogP contribution in [0.25, 0.3) is 5.69 Å². The van der Waals surface area contributed by atoms with E-state index in [0.29, 0.717) is 28.5 Å². The molecule has 1 saturated carbocycles. The van der Waals surface area contributed by atoms with Crippen molar-refractivity contribution in [3.8, 4) is 17.2 Å². The first-order valence-corrected chi connectivity index (χ1v) is 12.4. The van der Waals surface area contributed by atoms with Crippen LogP contribution in [0.4, 0.5) is 0 Å². The number of ether oxygens (including phenoxy) is 2. The molecule has 174 valence electrons. The predicted molar refractivity (Wildman–Crippen MR) is 129 cm³/mol. The highest BCUT2D eigenvalue weighted by atomic mass is 32.2. The van der Waals surface area contributed by atoms with Gasteiger partial charge in [0, 0.05) is 17.8 Å². The first kappa shape index (κ1) is 23.2. The van der Waals surface area contributed by atoms with Crippen LogP contribution >= 0.6 is 11.8 Å². The summed E-state index contributed by atoms with van der Waals surface area (Å²) in [6, 6.07) is 17.7. The highest BCUT2D eigenvalue weighted by Crippen LogP contribution is 2.29. The molecule has 4 rings (SSSR count). The molecule has 8 heteroatoms. The summed E-state index contributed by atoms with van der Waals surface area (Å²) in [6.07, 6.45) is 5.42. The molecule has 2 aromatic carbocycles. The number of hydrogen-bond donors (Lipinski definition) is 1. The van der Waals surface area contributed by atoms with E-state index in [0.717, 1.165) is 24.3 Å². The molecule has 33 heavy (non-hydrogen) atoms. The third-order valence-corrected chi connectivity index (χ3v) is 6.62. The number of carbonyl (C=O) groups excluding carboxylic acids is 1. The minimum absolute atomic E-state index is 0.0386. The van der Waals surface area contributed by atoms with Gasteiger partial charge in [-0.1, -0.05) is 55.3 Å². The minimum atomic E-state index is -0.366. The van der Waals surface area contributed by atoms with Crippen LogP contribution in [-0.4, -0.2) is 39.6 Å². The van der Waals surface area contributed by atoms with E-state index < -0.39 is 0 Å². The number of rotatable bonds is 9. The number of carbonyl (C=O) groups is 1. The van der Waals surface area contributed by atoms with Crippen LogP contribution in [0.15, 0.2) is 59.8 Å². The summed E-state index contributed by atoms with van der Waals surface area (Å²) in [4.78, 5) is 12.5. The fourth-order valence-electron chi connectivity index (χ4n) is 4.04. The molecule has 3 aromatic rings. The Balaban J connectivity index is 1.51. The average molecular weight is 467 g/mol. The van der Waals surface area contributed by atoms with E-state index in [2.05, 4.69) is 15.5 Å². The van der Waals surface area contributed by atoms with Gasteiger partial charge in [-0.3, -0.25) is 9.36 Å². The van der Waals surface area contributed by atoms with Crippen LogP contribution in [0.3, 0.4) is 0 Å². The summed E-state index contributed by atoms with van der Waals surface area (Å²) in [5.74, 6) is 2.41. The van der Waals surface area contributed by atoms with Crippen molar-refractivity contribution in [2.75, 3.05) is 12.9 Å². The fraction of sp³-hybridized carbons (Fsp3) is 0.400. The minimum Gasteiger partial charge on any atom is -0.497 e. The average Bonchev–Trinajstić information content (AvgIpc) is 3.28. The van der Waals surface area contributed by atoms with E-state index >= 15 is 0 Å². The zero-order valence-electron chi connectivity index (χ0n) is 19.1. The number of hydrogen-bond acceptors (Lipinski definition) is 6. The number of amides is 1. The molecule has 1 heterocycles.